The molecule has 19 heavy (non-hydrogen) atoms. The summed E-state index contributed by atoms with van der Waals surface area (Å²) >= 11 is 0. The van der Waals surface area contributed by atoms with Crippen LogP contribution in [0.5, 0.6) is 0 Å². The molecule has 1 amide bonds. The van der Waals surface area contributed by atoms with Crippen LogP contribution < -0.4 is 5.32 Å². The van der Waals surface area contributed by atoms with Crippen molar-refractivity contribution in [3.8, 4) is 0 Å². The molecule has 1 aromatic carbocycles. The lowest BCUT2D eigenvalue weighted by Gasteiger charge is -2.35. The summed E-state index contributed by atoms with van der Waals surface area (Å²) in [7, 11) is 0. The molecule has 1 saturated heterocycles. The monoisotopic (exact) mass is 260 g/mol. The molecule has 1 aliphatic rings. The van der Waals surface area contributed by atoms with E-state index in [4.69, 9.17) is 0 Å². The highest BCUT2D eigenvalue weighted by molar-refractivity contribution is 5.82. The maximum atomic E-state index is 12.3. The first-order valence-electron chi connectivity index (χ1n) is 7.25. The van der Waals surface area contributed by atoms with Gasteiger partial charge in [0.25, 0.3) is 0 Å². The van der Waals surface area contributed by atoms with Gasteiger partial charge in [0.15, 0.2) is 0 Å². The summed E-state index contributed by atoms with van der Waals surface area (Å²) in [5.41, 5.74) is 1.28. The highest BCUT2D eigenvalue weighted by Gasteiger charge is 2.28. The van der Waals surface area contributed by atoms with Crippen LogP contribution in [0.4, 0.5) is 0 Å². The number of benzene rings is 1. The zero-order chi connectivity index (χ0) is 13.7. The maximum absolute atomic E-state index is 12.3. The van der Waals surface area contributed by atoms with Crippen molar-refractivity contribution in [1.82, 2.24) is 10.2 Å². The average Bonchev–Trinajstić information content (AvgIpc) is 2.39. The van der Waals surface area contributed by atoms with Crippen molar-refractivity contribution in [2.45, 2.75) is 51.7 Å². The third-order valence-electron chi connectivity index (χ3n) is 3.58. The fourth-order valence-electron chi connectivity index (χ4n) is 2.68. The van der Waals surface area contributed by atoms with Crippen molar-refractivity contribution < 1.29 is 4.79 Å². The molecule has 1 heterocycles. The molecule has 104 valence electrons. The Morgan fingerprint density at radius 1 is 1.32 bits per heavy atom. The first-order valence-corrected chi connectivity index (χ1v) is 7.25. The number of carbonyl (C=O) groups is 1. The lowest BCUT2D eigenvalue weighted by Crippen LogP contribution is -2.50. The molecule has 1 aromatic rings. The van der Waals surface area contributed by atoms with Crippen LogP contribution >= 0.6 is 0 Å². The molecule has 1 unspecified atom stereocenters. The van der Waals surface area contributed by atoms with Gasteiger partial charge in [-0.3, -0.25) is 9.69 Å². The number of piperidine rings is 1. The Morgan fingerprint density at radius 3 is 2.74 bits per heavy atom. The number of hydrogen-bond acceptors (Lipinski definition) is 2. The first kappa shape index (κ1) is 14.1. The van der Waals surface area contributed by atoms with E-state index < -0.39 is 0 Å². The predicted molar refractivity (Wildman–Crippen MR) is 77.8 cm³/mol. The third kappa shape index (κ3) is 4.06. The number of amides is 1. The zero-order valence-electron chi connectivity index (χ0n) is 11.9. The number of likely N-dealkylation sites (tertiary alicyclic amines) is 1. The molecule has 0 aliphatic carbocycles. The molecule has 0 aromatic heterocycles. The van der Waals surface area contributed by atoms with Gasteiger partial charge in [-0.15, -0.1) is 0 Å². The van der Waals surface area contributed by atoms with Crippen molar-refractivity contribution in [3.63, 3.8) is 0 Å². The topological polar surface area (TPSA) is 32.3 Å². The SMILES string of the molecule is CC(C)NC(=O)C1CCCCN1Cc1ccccc1. The number of nitrogens with zero attached hydrogens (tertiary/aromatic N) is 1. The summed E-state index contributed by atoms with van der Waals surface area (Å²) in [6.45, 7) is 5.92. The fourth-order valence-corrected chi connectivity index (χ4v) is 2.68. The minimum absolute atomic E-state index is 0.0383. The molecule has 0 radical (unpaired) electrons. The molecule has 1 N–H and O–H groups in total. The Balaban J connectivity index is 2.01. The van der Waals surface area contributed by atoms with Crippen molar-refractivity contribution in [2.75, 3.05) is 6.54 Å². The standard InChI is InChI=1S/C16H24N2O/c1-13(2)17-16(19)15-10-6-7-11-18(15)12-14-8-4-3-5-9-14/h3-5,8-9,13,15H,6-7,10-12H2,1-2H3,(H,17,19). The van der Waals surface area contributed by atoms with E-state index in [0.717, 1.165) is 25.9 Å². The van der Waals surface area contributed by atoms with Gasteiger partial charge in [0.2, 0.25) is 5.91 Å². The first-order chi connectivity index (χ1) is 9.16. The summed E-state index contributed by atoms with van der Waals surface area (Å²) in [4.78, 5) is 14.6. The molecule has 1 fully saturated rings. The van der Waals surface area contributed by atoms with Gasteiger partial charge in [-0.2, -0.15) is 0 Å². The van der Waals surface area contributed by atoms with Crippen molar-refractivity contribution in [2.24, 2.45) is 0 Å². The Labute approximate surface area is 116 Å². The van der Waals surface area contributed by atoms with Crippen LogP contribution in [0.3, 0.4) is 0 Å². The highest BCUT2D eigenvalue weighted by atomic mass is 16.2. The van der Waals surface area contributed by atoms with Crippen LogP contribution in [-0.2, 0) is 11.3 Å². The van der Waals surface area contributed by atoms with Crippen molar-refractivity contribution in [1.29, 1.82) is 0 Å². The quantitative estimate of drug-likeness (QED) is 0.902. The number of rotatable bonds is 4. The zero-order valence-corrected chi connectivity index (χ0v) is 11.9. The van der Waals surface area contributed by atoms with E-state index in [1.54, 1.807) is 0 Å². The van der Waals surface area contributed by atoms with Gasteiger partial charge in [-0.05, 0) is 38.8 Å². The molecule has 1 aliphatic heterocycles. The molecule has 1 atom stereocenters. The molecule has 3 heteroatoms. The Hall–Kier alpha value is -1.35. The largest absolute Gasteiger partial charge is 0.353 e. The summed E-state index contributed by atoms with van der Waals surface area (Å²) in [6, 6.07) is 10.7. The van der Waals surface area contributed by atoms with Gasteiger partial charge < -0.3 is 5.32 Å². The molecular formula is C16H24N2O. The average molecular weight is 260 g/mol. The predicted octanol–water partition coefficient (Wildman–Crippen LogP) is 2.57. The molecule has 0 saturated carbocycles. The van der Waals surface area contributed by atoms with Crippen LogP contribution in [0.2, 0.25) is 0 Å². The van der Waals surface area contributed by atoms with Gasteiger partial charge in [-0.25, -0.2) is 0 Å². The molecule has 0 spiro atoms. The normalized spacial score (nSPS) is 20.5. The second kappa shape index (κ2) is 6.71. The second-order valence-corrected chi connectivity index (χ2v) is 5.63. The van der Waals surface area contributed by atoms with Gasteiger partial charge in [0.05, 0.1) is 6.04 Å². The third-order valence-corrected chi connectivity index (χ3v) is 3.58. The van der Waals surface area contributed by atoms with Crippen LogP contribution in [0.15, 0.2) is 30.3 Å². The van der Waals surface area contributed by atoms with Gasteiger partial charge in [0, 0.05) is 12.6 Å². The van der Waals surface area contributed by atoms with Crippen LogP contribution in [0.1, 0.15) is 38.7 Å². The smallest absolute Gasteiger partial charge is 0.237 e. The van der Waals surface area contributed by atoms with Gasteiger partial charge in [-0.1, -0.05) is 36.8 Å². The Morgan fingerprint density at radius 2 is 2.05 bits per heavy atom. The van der Waals surface area contributed by atoms with E-state index >= 15 is 0 Å². The second-order valence-electron chi connectivity index (χ2n) is 5.63. The van der Waals surface area contributed by atoms with E-state index in [1.807, 2.05) is 19.9 Å². The Kier molecular flexibility index (Phi) is 4.97. The number of hydrogen-bond donors (Lipinski definition) is 1. The van der Waals surface area contributed by atoms with E-state index in [-0.39, 0.29) is 18.0 Å². The maximum Gasteiger partial charge on any atom is 0.237 e. The lowest BCUT2D eigenvalue weighted by molar-refractivity contribution is -0.128. The fraction of sp³-hybridized carbons (Fsp3) is 0.562. The van der Waals surface area contributed by atoms with Gasteiger partial charge in [0.1, 0.15) is 0 Å². The molecule has 0 bridgehead atoms. The lowest BCUT2D eigenvalue weighted by atomic mass is 10.00. The summed E-state index contributed by atoms with van der Waals surface area (Å²) in [6.07, 6.45) is 3.32. The minimum atomic E-state index is 0.0383. The van der Waals surface area contributed by atoms with E-state index in [2.05, 4.69) is 34.5 Å². The number of nitrogens with one attached hydrogen (secondary N) is 1. The van der Waals surface area contributed by atoms with Crippen LogP contribution in [0, 0.1) is 0 Å². The molecular weight excluding hydrogens is 236 g/mol. The van der Waals surface area contributed by atoms with Crippen LogP contribution in [0.25, 0.3) is 0 Å². The Bertz CT molecular complexity index is 402. The molecule has 3 nitrogen and oxygen atoms in total. The van der Waals surface area contributed by atoms with E-state index in [1.165, 1.54) is 12.0 Å². The minimum Gasteiger partial charge on any atom is -0.353 e. The molecule has 2 rings (SSSR count). The van der Waals surface area contributed by atoms with Gasteiger partial charge >= 0.3 is 0 Å². The number of carbonyl (C=O) groups excluding carboxylic acids is 1. The summed E-state index contributed by atoms with van der Waals surface area (Å²) in [5, 5.41) is 3.05. The van der Waals surface area contributed by atoms with E-state index in [9.17, 15) is 4.79 Å². The van der Waals surface area contributed by atoms with Crippen molar-refractivity contribution in [3.05, 3.63) is 35.9 Å². The summed E-state index contributed by atoms with van der Waals surface area (Å²) in [5.74, 6) is 0.186. The summed E-state index contributed by atoms with van der Waals surface area (Å²) < 4.78 is 0. The van der Waals surface area contributed by atoms with Crippen molar-refractivity contribution >= 4 is 5.91 Å². The van der Waals surface area contributed by atoms with E-state index in [0.29, 0.717) is 0 Å². The van der Waals surface area contributed by atoms with Crippen LogP contribution in [-0.4, -0.2) is 29.4 Å². The highest BCUT2D eigenvalue weighted by Crippen LogP contribution is 2.20.